The number of aryl methyl sites for hydroxylation is 2. The molecule has 2 unspecified atom stereocenters. The number of fused-ring (bicyclic) bond motifs is 2. The van der Waals surface area contributed by atoms with Gasteiger partial charge in [0.05, 0.1) is 12.2 Å². The molecule has 0 radical (unpaired) electrons. The SMILES string of the molecule is O=P(O)(OC1CCc2ccccc21)OC1CCc2ccccc21. The number of benzene rings is 2. The summed E-state index contributed by atoms with van der Waals surface area (Å²) < 4.78 is 23.4. The summed E-state index contributed by atoms with van der Waals surface area (Å²) in [4.78, 5) is 10.2. The van der Waals surface area contributed by atoms with Gasteiger partial charge in [-0.05, 0) is 47.9 Å². The molecule has 0 bridgehead atoms. The summed E-state index contributed by atoms with van der Waals surface area (Å²) in [6.45, 7) is 0. The molecule has 4 rings (SSSR count). The Balaban J connectivity index is 1.49. The molecule has 2 aliphatic rings. The van der Waals surface area contributed by atoms with Crippen LogP contribution in [-0.4, -0.2) is 4.89 Å². The van der Waals surface area contributed by atoms with Crippen LogP contribution in [0.15, 0.2) is 48.5 Å². The molecule has 0 saturated heterocycles. The van der Waals surface area contributed by atoms with Crippen molar-refractivity contribution in [1.29, 1.82) is 0 Å². The molecule has 4 nitrogen and oxygen atoms in total. The van der Waals surface area contributed by atoms with Gasteiger partial charge in [-0.15, -0.1) is 0 Å². The second-order valence-electron chi connectivity index (χ2n) is 6.13. The molecular formula is C18H19O4P. The second-order valence-corrected chi connectivity index (χ2v) is 7.49. The highest BCUT2D eigenvalue weighted by Crippen LogP contribution is 2.55. The minimum Gasteiger partial charge on any atom is -0.302 e. The van der Waals surface area contributed by atoms with E-state index < -0.39 is 7.82 Å². The van der Waals surface area contributed by atoms with Crippen LogP contribution in [0.25, 0.3) is 0 Å². The first-order valence-corrected chi connectivity index (χ1v) is 9.47. The molecule has 2 aromatic rings. The topological polar surface area (TPSA) is 55.8 Å². The van der Waals surface area contributed by atoms with Gasteiger partial charge in [0.25, 0.3) is 0 Å². The first kappa shape index (κ1) is 15.1. The molecule has 0 aliphatic heterocycles. The number of hydrogen-bond acceptors (Lipinski definition) is 3. The Morgan fingerprint density at radius 3 is 1.74 bits per heavy atom. The Bertz CT molecular complexity index is 712. The van der Waals surface area contributed by atoms with E-state index in [1.165, 1.54) is 11.1 Å². The first-order valence-electron chi connectivity index (χ1n) is 7.97. The average Bonchev–Trinajstić information content (AvgIpc) is 3.12. The van der Waals surface area contributed by atoms with Crippen molar-refractivity contribution < 1.29 is 18.5 Å². The van der Waals surface area contributed by atoms with Crippen LogP contribution in [0.1, 0.15) is 47.3 Å². The van der Waals surface area contributed by atoms with Crippen molar-refractivity contribution in [2.75, 3.05) is 0 Å². The molecule has 0 amide bonds. The van der Waals surface area contributed by atoms with E-state index in [0.717, 1.165) is 24.0 Å². The van der Waals surface area contributed by atoms with E-state index in [2.05, 4.69) is 0 Å². The molecule has 2 aliphatic carbocycles. The van der Waals surface area contributed by atoms with Gasteiger partial charge in [-0.1, -0.05) is 48.5 Å². The van der Waals surface area contributed by atoms with Crippen LogP contribution in [0.2, 0.25) is 0 Å². The van der Waals surface area contributed by atoms with E-state index in [-0.39, 0.29) is 12.2 Å². The normalized spacial score (nSPS) is 24.9. The van der Waals surface area contributed by atoms with Gasteiger partial charge >= 0.3 is 7.82 Å². The van der Waals surface area contributed by atoms with Gasteiger partial charge in [-0.2, -0.15) is 0 Å². The molecule has 0 fully saturated rings. The van der Waals surface area contributed by atoms with Crippen LogP contribution in [0.3, 0.4) is 0 Å². The molecule has 1 N–H and O–H groups in total. The van der Waals surface area contributed by atoms with Crippen molar-refractivity contribution in [3.63, 3.8) is 0 Å². The average molecular weight is 330 g/mol. The van der Waals surface area contributed by atoms with Gasteiger partial charge < -0.3 is 4.89 Å². The Morgan fingerprint density at radius 2 is 1.26 bits per heavy atom. The van der Waals surface area contributed by atoms with Crippen molar-refractivity contribution in [1.82, 2.24) is 0 Å². The third-order valence-electron chi connectivity index (χ3n) is 4.68. The maximum absolute atomic E-state index is 12.5. The van der Waals surface area contributed by atoms with Crippen molar-refractivity contribution in [2.24, 2.45) is 0 Å². The van der Waals surface area contributed by atoms with E-state index in [9.17, 15) is 9.46 Å². The van der Waals surface area contributed by atoms with Crippen LogP contribution in [0.4, 0.5) is 0 Å². The summed E-state index contributed by atoms with van der Waals surface area (Å²) in [5.74, 6) is 0. The van der Waals surface area contributed by atoms with Gasteiger partial charge in [-0.3, -0.25) is 9.05 Å². The maximum atomic E-state index is 12.5. The molecule has 0 spiro atoms. The minimum absolute atomic E-state index is 0.362. The summed E-state index contributed by atoms with van der Waals surface area (Å²) in [6.07, 6.45) is 2.45. The summed E-state index contributed by atoms with van der Waals surface area (Å²) in [6, 6.07) is 15.8. The zero-order valence-corrected chi connectivity index (χ0v) is 13.6. The molecule has 5 heteroatoms. The lowest BCUT2D eigenvalue weighted by molar-refractivity contribution is 0.0741. The van der Waals surface area contributed by atoms with Crippen LogP contribution in [0, 0.1) is 0 Å². The van der Waals surface area contributed by atoms with Crippen molar-refractivity contribution in [2.45, 2.75) is 37.9 Å². The first-order chi connectivity index (χ1) is 11.1. The standard InChI is InChI=1S/C18H19O4P/c19-23(20,21-17-11-9-13-5-1-3-7-15(13)17)22-18-12-10-14-6-2-4-8-16(14)18/h1-8,17-18H,9-12H2,(H,19,20). The predicted molar refractivity (Wildman–Crippen MR) is 87.0 cm³/mol. The quantitative estimate of drug-likeness (QED) is 0.839. The summed E-state index contributed by atoms with van der Waals surface area (Å²) in [5.41, 5.74) is 4.36. The maximum Gasteiger partial charge on any atom is 0.473 e. The van der Waals surface area contributed by atoms with Crippen LogP contribution >= 0.6 is 7.82 Å². The Morgan fingerprint density at radius 1 is 0.826 bits per heavy atom. The van der Waals surface area contributed by atoms with Gasteiger partial charge in [0.2, 0.25) is 0 Å². The summed E-state index contributed by atoms with van der Waals surface area (Å²) in [5, 5.41) is 0. The Kier molecular flexibility index (Phi) is 3.86. The number of phosphoric ester groups is 1. The Labute approximate surface area is 135 Å². The van der Waals surface area contributed by atoms with Crippen LogP contribution in [0.5, 0.6) is 0 Å². The molecular weight excluding hydrogens is 311 g/mol. The largest absolute Gasteiger partial charge is 0.473 e. The smallest absolute Gasteiger partial charge is 0.302 e. The lowest BCUT2D eigenvalue weighted by Gasteiger charge is -2.21. The summed E-state index contributed by atoms with van der Waals surface area (Å²) >= 11 is 0. The van der Waals surface area contributed by atoms with E-state index in [0.29, 0.717) is 12.8 Å². The zero-order valence-electron chi connectivity index (χ0n) is 12.7. The highest BCUT2D eigenvalue weighted by atomic mass is 31.2. The molecule has 0 aromatic heterocycles. The van der Waals surface area contributed by atoms with Gasteiger partial charge in [-0.25, -0.2) is 4.57 Å². The van der Waals surface area contributed by atoms with Crippen molar-refractivity contribution in [3.05, 3.63) is 70.8 Å². The molecule has 2 aromatic carbocycles. The molecule has 120 valence electrons. The second kappa shape index (κ2) is 5.88. The highest BCUT2D eigenvalue weighted by molar-refractivity contribution is 7.47. The van der Waals surface area contributed by atoms with Crippen molar-refractivity contribution in [3.8, 4) is 0 Å². The third kappa shape index (κ3) is 3.00. The van der Waals surface area contributed by atoms with E-state index >= 15 is 0 Å². The predicted octanol–water partition coefficient (Wildman–Crippen LogP) is 4.50. The van der Waals surface area contributed by atoms with Crippen LogP contribution < -0.4 is 0 Å². The molecule has 2 atom stereocenters. The van der Waals surface area contributed by atoms with Crippen LogP contribution in [-0.2, 0) is 26.5 Å². The van der Waals surface area contributed by atoms with E-state index in [4.69, 9.17) is 9.05 Å². The fraction of sp³-hybridized carbons (Fsp3) is 0.333. The fourth-order valence-electron chi connectivity index (χ4n) is 3.60. The highest BCUT2D eigenvalue weighted by Gasteiger charge is 2.36. The summed E-state index contributed by atoms with van der Waals surface area (Å²) in [7, 11) is -4.10. The molecule has 23 heavy (non-hydrogen) atoms. The van der Waals surface area contributed by atoms with Crippen molar-refractivity contribution >= 4 is 7.82 Å². The lowest BCUT2D eigenvalue weighted by Crippen LogP contribution is -2.04. The minimum atomic E-state index is -4.10. The van der Waals surface area contributed by atoms with Gasteiger partial charge in [0.15, 0.2) is 0 Å². The lowest BCUT2D eigenvalue weighted by atomic mass is 10.1. The molecule has 0 heterocycles. The van der Waals surface area contributed by atoms with E-state index in [1.54, 1.807) is 0 Å². The fourth-order valence-corrected chi connectivity index (χ4v) is 4.73. The molecule has 0 saturated carbocycles. The monoisotopic (exact) mass is 330 g/mol. The number of phosphoric acid groups is 1. The van der Waals surface area contributed by atoms with E-state index in [1.807, 2.05) is 48.5 Å². The third-order valence-corrected chi connectivity index (χ3v) is 5.72. The Hall–Kier alpha value is -1.45. The number of hydrogen-bond donors (Lipinski definition) is 1. The number of rotatable bonds is 4. The van der Waals surface area contributed by atoms with Gasteiger partial charge in [0, 0.05) is 0 Å². The zero-order chi connectivity index (χ0) is 15.9. The van der Waals surface area contributed by atoms with Gasteiger partial charge in [0.1, 0.15) is 0 Å².